The Balaban J connectivity index is 1.76. The van der Waals surface area contributed by atoms with Crippen LogP contribution >= 0.6 is 0 Å². The van der Waals surface area contributed by atoms with Crippen molar-refractivity contribution in [2.75, 3.05) is 6.54 Å². The SMILES string of the molecule is CCc1ccccc1CN1CCc2nc(C(C)(C)C)ncc2C1. The van der Waals surface area contributed by atoms with Crippen LogP contribution in [-0.2, 0) is 31.3 Å². The normalized spacial score (nSPS) is 15.5. The number of hydrogen-bond acceptors (Lipinski definition) is 3. The maximum absolute atomic E-state index is 4.82. The molecule has 23 heavy (non-hydrogen) atoms. The molecule has 0 spiro atoms. The zero-order valence-corrected chi connectivity index (χ0v) is 14.8. The molecule has 2 aromatic rings. The van der Waals surface area contributed by atoms with Crippen LogP contribution in [0.3, 0.4) is 0 Å². The Hall–Kier alpha value is -1.74. The third-order valence-corrected chi connectivity index (χ3v) is 4.58. The van der Waals surface area contributed by atoms with Crippen molar-refractivity contribution in [3.05, 3.63) is 58.7 Å². The van der Waals surface area contributed by atoms with Crippen molar-refractivity contribution < 1.29 is 0 Å². The third kappa shape index (κ3) is 3.61. The second-order valence-corrected chi connectivity index (χ2v) is 7.50. The number of nitrogens with zero attached hydrogens (tertiary/aromatic N) is 3. The van der Waals surface area contributed by atoms with Crippen LogP contribution in [0.4, 0.5) is 0 Å². The summed E-state index contributed by atoms with van der Waals surface area (Å²) in [5.41, 5.74) is 5.46. The molecule has 2 heterocycles. The summed E-state index contributed by atoms with van der Waals surface area (Å²) in [4.78, 5) is 11.9. The fourth-order valence-corrected chi connectivity index (χ4v) is 3.17. The molecule has 0 saturated heterocycles. The van der Waals surface area contributed by atoms with Gasteiger partial charge in [-0.1, -0.05) is 52.0 Å². The molecule has 0 atom stereocenters. The summed E-state index contributed by atoms with van der Waals surface area (Å²) in [6, 6.07) is 8.78. The van der Waals surface area contributed by atoms with Crippen LogP contribution in [0.2, 0.25) is 0 Å². The highest BCUT2D eigenvalue weighted by molar-refractivity contribution is 5.28. The molecule has 122 valence electrons. The molecule has 0 aliphatic carbocycles. The van der Waals surface area contributed by atoms with E-state index in [0.29, 0.717) is 0 Å². The molecule has 0 radical (unpaired) electrons. The van der Waals surface area contributed by atoms with E-state index in [1.807, 2.05) is 6.20 Å². The average Bonchev–Trinajstić information content (AvgIpc) is 2.54. The Morgan fingerprint density at radius 1 is 1.13 bits per heavy atom. The lowest BCUT2D eigenvalue weighted by Gasteiger charge is -2.29. The van der Waals surface area contributed by atoms with Gasteiger partial charge in [0, 0.05) is 48.9 Å². The quantitative estimate of drug-likeness (QED) is 0.861. The van der Waals surface area contributed by atoms with Crippen molar-refractivity contribution >= 4 is 0 Å². The predicted octanol–water partition coefficient (Wildman–Crippen LogP) is 3.89. The molecule has 1 aliphatic rings. The first kappa shape index (κ1) is 16.1. The summed E-state index contributed by atoms with van der Waals surface area (Å²) in [5.74, 6) is 0.959. The van der Waals surface area contributed by atoms with Gasteiger partial charge in [-0.2, -0.15) is 0 Å². The van der Waals surface area contributed by atoms with E-state index in [4.69, 9.17) is 4.98 Å². The van der Waals surface area contributed by atoms with Gasteiger partial charge < -0.3 is 0 Å². The Morgan fingerprint density at radius 2 is 1.87 bits per heavy atom. The average molecular weight is 309 g/mol. The molecule has 0 unspecified atom stereocenters. The molecule has 0 amide bonds. The van der Waals surface area contributed by atoms with Crippen molar-refractivity contribution in [2.24, 2.45) is 0 Å². The molecule has 3 nitrogen and oxygen atoms in total. The van der Waals surface area contributed by atoms with E-state index in [1.54, 1.807) is 0 Å². The van der Waals surface area contributed by atoms with Gasteiger partial charge >= 0.3 is 0 Å². The Morgan fingerprint density at radius 3 is 2.57 bits per heavy atom. The molecular weight excluding hydrogens is 282 g/mol. The van der Waals surface area contributed by atoms with Crippen LogP contribution in [0.5, 0.6) is 0 Å². The smallest absolute Gasteiger partial charge is 0.133 e. The van der Waals surface area contributed by atoms with Gasteiger partial charge in [-0.25, -0.2) is 9.97 Å². The highest BCUT2D eigenvalue weighted by Crippen LogP contribution is 2.23. The van der Waals surface area contributed by atoms with Crippen LogP contribution in [0, 0.1) is 0 Å². The van der Waals surface area contributed by atoms with Crippen LogP contribution in [0.1, 0.15) is 55.9 Å². The molecule has 0 fully saturated rings. The molecule has 3 rings (SSSR count). The second kappa shape index (κ2) is 6.40. The van der Waals surface area contributed by atoms with Crippen LogP contribution in [0.25, 0.3) is 0 Å². The fourth-order valence-electron chi connectivity index (χ4n) is 3.17. The molecule has 1 aliphatic heterocycles. The molecule has 0 bridgehead atoms. The molecule has 1 aromatic carbocycles. The van der Waals surface area contributed by atoms with Gasteiger partial charge in [0.15, 0.2) is 0 Å². The number of fused-ring (bicyclic) bond motifs is 1. The van der Waals surface area contributed by atoms with Crippen molar-refractivity contribution in [3.63, 3.8) is 0 Å². The summed E-state index contributed by atoms with van der Waals surface area (Å²) in [7, 11) is 0. The van der Waals surface area contributed by atoms with Gasteiger partial charge in [0.25, 0.3) is 0 Å². The molecule has 0 N–H and O–H groups in total. The van der Waals surface area contributed by atoms with Gasteiger partial charge in [-0.15, -0.1) is 0 Å². The maximum atomic E-state index is 4.82. The first-order valence-electron chi connectivity index (χ1n) is 8.62. The summed E-state index contributed by atoms with van der Waals surface area (Å²) in [6.07, 6.45) is 4.16. The van der Waals surface area contributed by atoms with Crippen molar-refractivity contribution in [2.45, 2.75) is 59.0 Å². The zero-order valence-electron chi connectivity index (χ0n) is 14.8. The number of hydrogen-bond donors (Lipinski definition) is 0. The first-order valence-corrected chi connectivity index (χ1v) is 8.62. The predicted molar refractivity (Wildman–Crippen MR) is 94.4 cm³/mol. The van der Waals surface area contributed by atoms with E-state index >= 15 is 0 Å². The lowest BCUT2D eigenvalue weighted by molar-refractivity contribution is 0.241. The minimum atomic E-state index is 0.0201. The minimum absolute atomic E-state index is 0.0201. The van der Waals surface area contributed by atoms with Crippen LogP contribution < -0.4 is 0 Å². The van der Waals surface area contributed by atoms with Crippen LogP contribution in [-0.4, -0.2) is 21.4 Å². The van der Waals surface area contributed by atoms with E-state index in [9.17, 15) is 0 Å². The standard InChI is InChI=1S/C20H27N3/c1-5-15-8-6-7-9-16(15)13-23-11-10-18-17(14-23)12-21-19(22-18)20(2,3)4/h6-9,12H,5,10-11,13-14H2,1-4H3. The fraction of sp³-hybridized carbons (Fsp3) is 0.500. The first-order chi connectivity index (χ1) is 11.0. The number of aromatic nitrogens is 2. The van der Waals surface area contributed by atoms with Gasteiger partial charge in [0.05, 0.1) is 0 Å². The number of rotatable bonds is 3. The summed E-state index contributed by atoms with van der Waals surface area (Å²) in [5, 5.41) is 0. The highest BCUT2D eigenvalue weighted by atomic mass is 15.1. The molecule has 1 aromatic heterocycles. The van der Waals surface area contributed by atoms with Crippen molar-refractivity contribution in [3.8, 4) is 0 Å². The molecule has 0 saturated carbocycles. The Bertz CT molecular complexity index is 686. The van der Waals surface area contributed by atoms with E-state index < -0.39 is 0 Å². The van der Waals surface area contributed by atoms with E-state index in [1.165, 1.54) is 22.4 Å². The zero-order chi connectivity index (χ0) is 16.4. The molecular formula is C20H27N3. The van der Waals surface area contributed by atoms with E-state index in [0.717, 1.165) is 38.3 Å². The summed E-state index contributed by atoms with van der Waals surface area (Å²) < 4.78 is 0. The topological polar surface area (TPSA) is 29.0 Å². The Labute approximate surface area is 139 Å². The third-order valence-electron chi connectivity index (χ3n) is 4.58. The summed E-state index contributed by atoms with van der Waals surface area (Å²) in [6.45, 7) is 11.8. The van der Waals surface area contributed by atoms with Gasteiger partial charge in [0.1, 0.15) is 5.82 Å². The Kier molecular flexibility index (Phi) is 4.49. The number of aryl methyl sites for hydroxylation is 1. The van der Waals surface area contributed by atoms with Crippen molar-refractivity contribution in [1.29, 1.82) is 0 Å². The van der Waals surface area contributed by atoms with Crippen LogP contribution in [0.15, 0.2) is 30.5 Å². The lowest BCUT2D eigenvalue weighted by atomic mass is 9.95. The van der Waals surface area contributed by atoms with Gasteiger partial charge in [-0.05, 0) is 17.5 Å². The summed E-state index contributed by atoms with van der Waals surface area (Å²) >= 11 is 0. The largest absolute Gasteiger partial charge is 0.294 e. The maximum Gasteiger partial charge on any atom is 0.133 e. The van der Waals surface area contributed by atoms with Gasteiger partial charge in [-0.3, -0.25) is 4.90 Å². The monoisotopic (exact) mass is 309 g/mol. The van der Waals surface area contributed by atoms with Gasteiger partial charge in [0.2, 0.25) is 0 Å². The lowest BCUT2D eigenvalue weighted by Crippen LogP contribution is -2.32. The van der Waals surface area contributed by atoms with E-state index in [-0.39, 0.29) is 5.41 Å². The molecule has 3 heteroatoms. The number of benzene rings is 1. The van der Waals surface area contributed by atoms with E-state index in [2.05, 4.69) is 61.8 Å². The highest BCUT2D eigenvalue weighted by Gasteiger charge is 2.23. The minimum Gasteiger partial charge on any atom is -0.294 e. The van der Waals surface area contributed by atoms with Crippen molar-refractivity contribution in [1.82, 2.24) is 14.9 Å². The second-order valence-electron chi connectivity index (χ2n) is 7.50.